The fourth-order valence-electron chi connectivity index (χ4n) is 5.44. The van der Waals surface area contributed by atoms with Crippen molar-refractivity contribution in [2.45, 2.75) is 0 Å². The molecule has 216 valence electrons. The first-order chi connectivity index (χ1) is 22.6. The van der Waals surface area contributed by atoms with E-state index in [9.17, 15) is 29.8 Å². The quantitative estimate of drug-likeness (QED) is 0.163. The molecule has 0 radical (unpaired) electrons. The van der Waals surface area contributed by atoms with E-state index in [0.717, 1.165) is 12.1 Å². The zero-order valence-corrected chi connectivity index (χ0v) is 22.9. The first kappa shape index (κ1) is 30.6. The number of rotatable bonds is 2. The van der Waals surface area contributed by atoms with E-state index in [1.165, 1.54) is 6.07 Å². The lowest BCUT2D eigenvalue weighted by atomic mass is 9.90. The van der Waals surface area contributed by atoms with Gasteiger partial charge in [-0.25, -0.2) is 51.9 Å². The van der Waals surface area contributed by atoms with Gasteiger partial charge in [0.1, 0.15) is 41.2 Å². The topological polar surface area (TPSA) is 113 Å². The van der Waals surface area contributed by atoms with Crippen LogP contribution in [0.2, 0.25) is 0 Å². The molecule has 0 heterocycles. The van der Waals surface area contributed by atoms with Crippen LogP contribution >= 0.6 is 0 Å². The molecule has 0 amide bonds. The van der Waals surface area contributed by atoms with Gasteiger partial charge >= 0.3 is 0 Å². The molecule has 47 heavy (non-hydrogen) atoms. The van der Waals surface area contributed by atoms with Crippen LogP contribution in [-0.2, 0) is 0 Å². The Morgan fingerprint density at radius 1 is 0.574 bits per heavy atom. The molecule has 0 atom stereocenters. The van der Waals surface area contributed by atoms with Gasteiger partial charge in [-0.3, -0.25) is 0 Å². The molecule has 0 fully saturated rings. The summed E-state index contributed by atoms with van der Waals surface area (Å²) in [5.41, 5.74) is -9.88. The second-order valence-electron chi connectivity index (χ2n) is 9.45. The molecule has 13 heteroatoms. The summed E-state index contributed by atoms with van der Waals surface area (Å²) in [6, 6.07) is 9.45. The Kier molecular flexibility index (Phi) is 7.41. The van der Waals surface area contributed by atoms with Crippen LogP contribution in [0, 0.1) is 101 Å². The van der Waals surface area contributed by atoms with Crippen LogP contribution in [0.1, 0.15) is 38.9 Å². The number of nitrogens with zero attached hydrogens (tertiary/aromatic N) is 8. The minimum absolute atomic E-state index is 0.327. The predicted molar refractivity (Wildman–Crippen MR) is 154 cm³/mol. The molecule has 0 aliphatic heterocycles. The second-order valence-corrected chi connectivity index (χ2v) is 9.45. The molecule has 8 nitrogen and oxygen atoms in total. The molecule has 2 aliphatic carbocycles. The van der Waals surface area contributed by atoms with Crippen LogP contribution in [-0.4, -0.2) is 0 Å². The number of halogens is 5. The molecule has 0 aromatic heterocycles. The van der Waals surface area contributed by atoms with Crippen molar-refractivity contribution in [2.75, 3.05) is 0 Å². The molecule has 3 aromatic carbocycles. The Hall–Kier alpha value is -7.81. The molecule has 0 unspecified atom stereocenters. The second kappa shape index (κ2) is 11.4. The fraction of sp³-hybridized carbons (Fsp3) is 0. The van der Waals surface area contributed by atoms with E-state index in [1.807, 2.05) is 0 Å². The third-order valence-electron chi connectivity index (χ3n) is 7.28. The van der Waals surface area contributed by atoms with Gasteiger partial charge in [-0.1, -0.05) is 0 Å². The van der Waals surface area contributed by atoms with Crippen molar-refractivity contribution < 1.29 is 22.0 Å². The lowest BCUT2D eigenvalue weighted by Crippen LogP contribution is -1.99. The van der Waals surface area contributed by atoms with Gasteiger partial charge in [-0.2, -0.15) is 10.5 Å². The SMILES string of the molecule is [C-]#[N+]C1=C(c2cc([N+]#[C-])c(F)cc2F)/C(=C(/C#N)[N+]#[C-])c2cc3c(c(F)c21)C(C#N)=C(c1cc(C#N)c(F)cc1F)/C3=C(\C#N)[N+]#[C-]. The van der Waals surface area contributed by atoms with Gasteiger partial charge in [0.15, 0.2) is 0 Å². The van der Waals surface area contributed by atoms with Crippen molar-refractivity contribution in [3.05, 3.63) is 155 Å². The van der Waals surface area contributed by atoms with E-state index in [4.69, 9.17) is 26.3 Å². The molecule has 0 saturated heterocycles. The van der Waals surface area contributed by atoms with Crippen LogP contribution in [0.4, 0.5) is 27.6 Å². The molecular formula is C34H5F5N8. The molecule has 0 N–H and O–H groups in total. The van der Waals surface area contributed by atoms with Crippen molar-refractivity contribution in [2.24, 2.45) is 0 Å². The van der Waals surface area contributed by atoms with Crippen LogP contribution in [0.25, 0.3) is 52.9 Å². The van der Waals surface area contributed by atoms with Crippen molar-refractivity contribution in [3.63, 3.8) is 0 Å². The number of allylic oxidation sites excluding steroid dienone is 7. The minimum atomic E-state index is -1.39. The van der Waals surface area contributed by atoms with Crippen molar-refractivity contribution in [1.29, 1.82) is 21.0 Å². The van der Waals surface area contributed by atoms with Crippen molar-refractivity contribution in [1.82, 2.24) is 0 Å². The van der Waals surface area contributed by atoms with E-state index < -0.39 is 119 Å². The normalized spacial score (nSPS) is 14.7. The molecule has 2 aliphatic rings. The Morgan fingerprint density at radius 2 is 1.13 bits per heavy atom. The highest BCUT2D eigenvalue weighted by atomic mass is 19.1. The highest BCUT2D eigenvalue weighted by Crippen LogP contribution is 2.57. The van der Waals surface area contributed by atoms with Crippen LogP contribution in [0.3, 0.4) is 0 Å². The van der Waals surface area contributed by atoms with Crippen LogP contribution in [0.5, 0.6) is 0 Å². The molecular weight excluding hydrogens is 615 g/mol. The minimum Gasteiger partial charge on any atom is -0.237 e. The summed E-state index contributed by atoms with van der Waals surface area (Å²) in [6.45, 7) is 30.2. The third-order valence-corrected chi connectivity index (χ3v) is 7.28. The van der Waals surface area contributed by atoms with Crippen LogP contribution in [0.15, 0.2) is 41.7 Å². The lowest BCUT2D eigenvalue weighted by Gasteiger charge is -2.14. The zero-order chi connectivity index (χ0) is 34.3. The first-order valence-corrected chi connectivity index (χ1v) is 12.5. The summed E-state index contributed by atoms with van der Waals surface area (Å²) in [5.74, 6) is -6.58. The Morgan fingerprint density at radius 3 is 1.64 bits per heavy atom. The van der Waals surface area contributed by atoms with Gasteiger partial charge in [-0.05, 0) is 52.1 Å². The summed E-state index contributed by atoms with van der Waals surface area (Å²) < 4.78 is 76.0. The van der Waals surface area contributed by atoms with Crippen molar-refractivity contribution in [3.8, 4) is 24.3 Å². The van der Waals surface area contributed by atoms with Gasteiger partial charge in [-0.15, -0.1) is 0 Å². The maximum atomic E-state index is 16.9. The van der Waals surface area contributed by atoms with Gasteiger partial charge in [0, 0.05) is 33.9 Å². The standard InChI is InChI=1S/C34H5F5N8/c1-44-24-7-16(22(37)9-23(24)38)31-30(26(13-43)46-3)18-6-17-28(33(39)32(18)34(31)47-4)19(11-41)27(29(17)25(12-42)45-2)15-5-14(10-40)20(35)8-21(15)36/h5-9H/b29-25+,30-26-. The summed E-state index contributed by atoms with van der Waals surface area (Å²) >= 11 is 0. The number of hydrogen-bond acceptors (Lipinski definition) is 4. The first-order valence-electron chi connectivity index (χ1n) is 12.5. The number of nitriles is 4. The predicted octanol–water partition coefficient (Wildman–Crippen LogP) is 8.36. The molecule has 0 bridgehead atoms. The number of fused-ring (bicyclic) bond motifs is 2. The molecule has 5 rings (SSSR count). The third kappa shape index (κ3) is 4.27. The Bertz CT molecular complexity index is 2340. The average Bonchev–Trinajstić information content (AvgIpc) is 3.56. The van der Waals surface area contributed by atoms with E-state index in [-0.39, 0.29) is 0 Å². The van der Waals surface area contributed by atoms with Crippen LogP contribution < -0.4 is 0 Å². The Labute approximate surface area is 261 Å². The number of hydrogen-bond donors (Lipinski definition) is 0. The zero-order valence-electron chi connectivity index (χ0n) is 22.9. The smallest absolute Gasteiger partial charge is 0.237 e. The van der Waals surface area contributed by atoms with E-state index in [2.05, 4.69) is 19.4 Å². The largest absolute Gasteiger partial charge is 0.270 e. The van der Waals surface area contributed by atoms with E-state index >= 15 is 13.2 Å². The highest BCUT2D eigenvalue weighted by molar-refractivity contribution is 6.29. The molecule has 3 aromatic rings. The van der Waals surface area contributed by atoms with Gasteiger partial charge < -0.3 is 0 Å². The van der Waals surface area contributed by atoms with E-state index in [1.54, 1.807) is 18.2 Å². The van der Waals surface area contributed by atoms with Crippen molar-refractivity contribution >= 4 is 39.2 Å². The number of benzene rings is 3. The van der Waals surface area contributed by atoms with E-state index in [0.29, 0.717) is 18.2 Å². The molecule has 0 spiro atoms. The average molecular weight is 620 g/mol. The monoisotopic (exact) mass is 620 g/mol. The summed E-state index contributed by atoms with van der Waals surface area (Å²) in [6.07, 6.45) is 0. The maximum absolute atomic E-state index is 16.9. The fourth-order valence-corrected chi connectivity index (χ4v) is 5.44. The summed E-state index contributed by atoms with van der Waals surface area (Å²) in [7, 11) is 0. The highest BCUT2D eigenvalue weighted by Gasteiger charge is 2.41. The van der Waals surface area contributed by atoms with Gasteiger partial charge in [0.25, 0.3) is 11.4 Å². The lowest BCUT2D eigenvalue weighted by molar-refractivity contribution is 0.579. The maximum Gasteiger partial charge on any atom is 0.270 e. The Balaban J connectivity index is 2.03. The van der Waals surface area contributed by atoms with Gasteiger partial charge in [0.2, 0.25) is 11.4 Å². The molecule has 0 saturated carbocycles. The summed E-state index contributed by atoms with van der Waals surface area (Å²) in [5, 5.41) is 39.3. The summed E-state index contributed by atoms with van der Waals surface area (Å²) in [4.78, 5) is 12.5. The van der Waals surface area contributed by atoms with Gasteiger partial charge in [0.05, 0.1) is 49.6 Å².